The lowest BCUT2D eigenvalue weighted by Gasteiger charge is -2.19. The van der Waals surface area contributed by atoms with Crippen molar-refractivity contribution in [3.8, 4) is 0 Å². The third-order valence-corrected chi connectivity index (χ3v) is 5.95. The first-order chi connectivity index (χ1) is 6.10. The van der Waals surface area contributed by atoms with E-state index < -0.39 is 7.60 Å². The number of hydrogen-bond acceptors (Lipinski definition) is 4. The zero-order valence-electron chi connectivity index (χ0n) is 8.78. The van der Waals surface area contributed by atoms with E-state index in [1.54, 1.807) is 11.8 Å². The smallest absolute Gasteiger partial charge is 0.311 e. The normalized spacial score (nSPS) is 14.5. The molecule has 0 bridgehead atoms. The second-order valence-electron chi connectivity index (χ2n) is 2.73. The molecule has 0 amide bonds. The van der Waals surface area contributed by atoms with Gasteiger partial charge in [0, 0.05) is 14.2 Å². The molecule has 0 saturated carbocycles. The van der Waals surface area contributed by atoms with Crippen LogP contribution in [0.3, 0.4) is 0 Å². The molecule has 0 aliphatic heterocycles. The monoisotopic (exact) mass is 226 g/mol. The lowest BCUT2D eigenvalue weighted by Crippen LogP contribution is -2.03. The first-order valence-electron chi connectivity index (χ1n) is 4.43. The van der Waals surface area contributed by atoms with E-state index in [0.29, 0.717) is 0 Å². The summed E-state index contributed by atoms with van der Waals surface area (Å²) in [7, 11) is 0.0140. The number of unbranched alkanes of at least 4 members (excludes halogenated alkanes) is 1. The molecule has 0 rings (SSSR count). The Kier molecular flexibility index (Phi) is 7.15. The fraction of sp³-hybridized carbons (Fsp3) is 1.00. The Morgan fingerprint density at radius 1 is 1.38 bits per heavy atom. The van der Waals surface area contributed by atoms with Crippen molar-refractivity contribution < 1.29 is 13.6 Å². The first-order valence-corrected chi connectivity index (χ1v) is 7.09. The largest absolute Gasteiger partial charge is 0.342 e. The van der Waals surface area contributed by atoms with Crippen molar-refractivity contribution in [2.45, 2.75) is 31.7 Å². The van der Waals surface area contributed by atoms with Crippen LogP contribution in [0.2, 0.25) is 0 Å². The summed E-state index contributed by atoms with van der Waals surface area (Å²) in [6, 6.07) is 0. The molecular weight excluding hydrogens is 207 g/mol. The molecular formula is C8H19O3PS. The maximum atomic E-state index is 11.8. The van der Waals surface area contributed by atoms with E-state index in [0.717, 1.165) is 18.6 Å². The minimum Gasteiger partial charge on any atom is -0.311 e. The van der Waals surface area contributed by atoms with Gasteiger partial charge in [-0.05, 0) is 19.1 Å². The van der Waals surface area contributed by atoms with Gasteiger partial charge < -0.3 is 9.05 Å². The van der Waals surface area contributed by atoms with Gasteiger partial charge in [0.1, 0.15) is 4.99 Å². The van der Waals surface area contributed by atoms with Crippen LogP contribution >= 0.6 is 19.4 Å². The molecule has 3 nitrogen and oxygen atoms in total. The van der Waals surface area contributed by atoms with Gasteiger partial charge in [0.15, 0.2) is 0 Å². The van der Waals surface area contributed by atoms with Gasteiger partial charge >= 0.3 is 7.60 Å². The van der Waals surface area contributed by atoms with Crippen LogP contribution in [0.4, 0.5) is 0 Å². The standard InChI is InChI=1S/C8H19O3PS/c1-5-6-7-13-8(2)12(9,10-3)11-4/h8H,5-7H2,1-4H3. The maximum absolute atomic E-state index is 11.8. The molecule has 0 aromatic carbocycles. The van der Waals surface area contributed by atoms with Gasteiger partial charge in [0.2, 0.25) is 0 Å². The number of thioether (sulfide) groups is 1. The van der Waals surface area contributed by atoms with Gasteiger partial charge in [0.25, 0.3) is 0 Å². The molecule has 0 radical (unpaired) electrons. The quantitative estimate of drug-likeness (QED) is 0.492. The molecule has 5 heteroatoms. The van der Waals surface area contributed by atoms with Gasteiger partial charge in [-0.15, -0.1) is 11.8 Å². The molecule has 1 unspecified atom stereocenters. The number of hydrogen-bond donors (Lipinski definition) is 0. The molecule has 0 heterocycles. The fourth-order valence-electron chi connectivity index (χ4n) is 0.861. The summed E-state index contributed by atoms with van der Waals surface area (Å²) in [5, 5.41) is 0. The zero-order valence-corrected chi connectivity index (χ0v) is 10.5. The van der Waals surface area contributed by atoms with Crippen LogP contribution < -0.4 is 0 Å². The molecule has 0 aromatic heterocycles. The Bertz CT molecular complexity index is 167. The SMILES string of the molecule is CCCCSC(C)P(=O)(OC)OC. The second-order valence-corrected chi connectivity index (χ2v) is 7.11. The molecule has 0 aromatic rings. The first kappa shape index (κ1) is 13.5. The van der Waals surface area contributed by atoms with E-state index in [-0.39, 0.29) is 4.99 Å². The van der Waals surface area contributed by atoms with E-state index in [9.17, 15) is 4.57 Å². The van der Waals surface area contributed by atoms with Crippen LogP contribution in [-0.4, -0.2) is 25.0 Å². The highest BCUT2D eigenvalue weighted by Gasteiger charge is 2.29. The molecule has 13 heavy (non-hydrogen) atoms. The van der Waals surface area contributed by atoms with Crippen molar-refractivity contribution in [2.24, 2.45) is 0 Å². The Hall–Kier alpha value is 0.500. The fourth-order valence-corrected chi connectivity index (χ4v) is 3.96. The van der Waals surface area contributed by atoms with Crippen LogP contribution in [-0.2, 0) is 13.6 Å². The molecule has 0 aliphatic rings. The van der Waals surface area contributed by atoms with Gasteiger partial charge in [-0.2, -0.15) is 0 Å². The van der Waals surface area contributed by atoms with Crippen LogP contribution in [0.25, 0.3) is 0 Å². The average molecular weight is 226 g/mol. The Labute approximate surface area is 85.1 Å². The Morgan fingerprint density at radius 3 is 2.31 bits per heavy atom. The highest BCUT2D eigenvalue weighted by molar-refractivity contribution is 8.05. The lowest BCUT2D eigenvalue weighted by molar-refractivity contribution is 0.275. The number of rotatable bonds is 7. The lowest BCUT2D eigenvalue weighted by atomic mass is 10.4. The van der Waals surface area contributed by atoms with E-state index in [4.69, 9.17) is 9.05 Å². The van der Waals surface area contributed by atoms with Crippen molar-refractivity contribution in [1.29, 1.82) is 0 Å². The summed E-state index contributed by atoms with van der Waals surface area (Å²) in [5.41, 5.74) is 0. The molecule has 1 atom stereocenters. The van der Waals surface area contributed by atoms with Crippen LogP contribution in [0, 0.1) is 0 Å². The maximum Gasteiger partial charge on any atom is 0.342 e. The van der Waals surface area contributed by atoms with Crippen LogP contribution in [0.15, 0.2) is 0 Å². The summed E-state index contributed by atoms with van der Waals surface area (Å²) in [5.74, 6) is 1.01. The third-order valence-electron chi connectivity index (χ3n) is 1.81. The zero-order chi connectivity index (χ0) is 10.3. The second kappa shape index (κ2) is 6.88. The van der Waals surface area contributed by atoms with Crippen molar-refractivity contribution in [3.63, 3.8) is 0 Å². The van der Waals surface area contributed by atoms with E-state index >= 15 is 0 Å². The van der Waals surface area contributed by atoms with E-state index in [2.05, 4.69) is 6.92 Å². The molecule has 0 saturated heterocycles. The highest BCUT2D eigenvalue weighted by atomic mass is 32.2. The van der Waals surface area contributed by atoms with Gasteiger partial charge in [-0.25, -0.2) is 0 Å². The predicted molar refractivity (Wildman–Crippen MR) is 58.5 cm³/mol. The Balaban J connectivity index is 3.92. The summed E-state index contributed by atoms with van der Waals surface area (Å²) < 4.78 is 21.6. The topological polar surface area (TPSA) is 35.5 Å². The molecule has 0 spiro atoms. The predicted octanol–water partition coefficient (Wildman–Crippen LogP) is 3.35. The van der Waals surface area contributed by atoms with Gasteiger partial charge in [-0.1, -0.05) is 13.3 Å². The third kappa shape index (κ3) is 4.50. The molecule has 0 N–H and O–H groups in total. The van der Waals surface area contributed by atoms with Crippen molar-refractivity contribution >= 4 is 19.4 Å². The van der Waals surface area contributed by atoms with Crippen LogP contribution in [0.5, 0.6) is 0 Å². The summed E-state index contributed by atoms with van der Waals surface area (Å²) in [6.07, 6.45) is 2.30. The van der Waals surface area contributed by atoms with Crippen molar-refractivity contribution in [1.82, 2.24) is 0 Å². The van der Waals surface area contributed by atoms with Crippen LogP contribution in [0.1, 0.15) is 26.7 Å². The molecule has 0 fully saturated rings. The summed E-state index contributed by atoms with van der Waals surface area (Å²) >= 11 is 1.64. The minimum absolute atomic E-state index is 0.0750. The van der Waals surface area contributed by atoms with Gasteiger partial charge in [-0.3, -0.25) is 4.57 Å². The molecule has 80 valence electrons. The minimum atomic E-state index is -2.85. The summed E-state index contributed by atoms with van der Waals surface area (Å²) in [6.45, 7) is 4.02. The van der Waals surface area contributed by atoms with E-state index in [1.165, 1.54) is 14.2 Å². The van der Waals surface area contributed by atoms with Gasteiger partial charge in [0.05, 0.1) is 0 Å². The summed E-state index contributed by atoms with van der Waals surface area (Å²) in [4.78, 5) is -0.0750. The Morgan fingerprint density at radius 2 is 1.92 bits per heavy atom. The highest BCUT2D eigenvalue weighted by Crippen LogP contribution is 2.55. The van der Waals surface area contributed by atoms with Crippen molar-refractivity contribution in [2.75, 3.05) is 20.0 Å². The van der Waals surface area contributed by atoms with Crippen molar-refractivity contribution in [3.05, 3.63) is 0 Å². The van der Waals surface area contributed by atoms with E-state index in [1.807, 2.05) is 6.92 Å². The average Bonchev–Trinajstić information content (AvgIpc) is 2.17. The molecule has 0 aliphatic carbocycles.